The van der Waals surface area contributed by atoms with Crippen LogP contribution in [0.3, 0.4) is 0 Å². The second-order valence-electron chi connectivity index (χ2n) is 5.42. The van der Waals surface area contributed by atoms with Crippen molar-refractivity contribution < 1.29 is 14.3 Å². The molecule has 0 fully saturated rings. The predicted octanol–water partition coefficient (Wildman–Crippen LogP) is 2.74. The van der Waals surface area contributed by atoms with Crippen molar-refractivity contribution >= 4 is 27.8 Å². The molecule has 3 rings (SSSR count). The minimum absolute atomic E-state index is 0.189. The van der Waals surface area contributed by atoms with Crippen LogP contribution in [0.5, 0.6) is 11.5 Å². The molecule has 0 saturated heterocycles. The van der Waals surface area contributed by atoms with E-state index in [9.17, 15) is 4.79 Å². The monoisotopic (exact) mass is 327 g/mol. The van der Waals surface area contributed by atoms with Crippen molar-refractivity contribution in [3.05, 3.63) is 36.4 Å². The highest BCUT2D eigenvalue weighted by atomic mass is 16.5. The van der Waals surface area contributed by atoms with Crippen LogP contribution in [0.4, 0.5) is 4.79 Å². The fourth-order valence-electron chi connectivity index (χ4n) is 2.92. The molecule has 2 amide bonds. The van der Waals surface area contributed by atoms with E-state index in [1.165, 1.54) is 0 Å². The molecule has 0 aliphatic rings. The van der Waals surface area contributed by atoms with Crippen molar-refractivity contribution in [2.24, 2.45) is 0 Å². The molecule has 6 heteroatoms. The Morgan fingerprint density at radius 1 is 1.00 bits per heavy atom. The number of rotatable bonds is 5. The van der Waals surface area contributed by atoms with E-state index < -0.39 is 0 Å². The first-order valence-corrected chi connectivity index (χ1v) is 7.77. The molecular formula is C18H21N3O3. The van der Waals surface area contributed by atoms with Gasteiger partial charge >= 0.3 is 6.03 Å². The van der Waals surface area contributed by atoms with Gasteiger partial charge in [-0.25, -0.2) is 4.79 Å². The summed E-state index contributed by atoms with van der Waals surface area (Å²) in [6, 6.07) is 11.9. The van der Waals surface area contributed by atoms with Gasteiger partial charge in [-0.1, -0.05) is 0 Å². The van der Waals surface area contributed by atoms with Crippen LogP contribution in [-0.2, 0) is 6.54 Å². The molecule has 1 aromatic heterocycles. The zero-order valence-electron chi connectivity index (χ0n) is 14.1. The van der Waals surface area contributed by atoms with Crippen molar-refractivity contribution in [2.45, 2.75) is 6.54 Å². The van der Waals surface area contributed by atoms with Crippen LogP contribution in [0.1, 0.15) is 0 Å². The number of nitrogens with zero attached hydrogens (tertiary/aromatic N) is 1. The Bertz CT molecular complexity index is 825. The molecule has 0 aliphatic heterocycles. The van der Waals surface area contributed by atoms with E-state index in [1.54, 1.807) is 21.3 Å². The quantitative estimate of drug-likeness (QED) is 0.757. The topological polar surface area (TPSA) is 64.5 Å². The van der Waals surface area contributed by atoms with E-state index in [-0.39, 0.29) is 6.03 Å². The first-order chi connectivity index (χ1) is 11.7. The lowest BCUT2D eigenvalue weighted by Gasteiger charge is -2.10. The van der Waals surface area contributed by atoms with Crippen LogP contribution in [0.2, 0.25) is 0 Å². The third-order valence-electron chi connectivity index (χ3n) is 4.13. The van der Waals surface area contributed by atoms with Crippen molar-refractivity contribution in [3.8, 4) is 11.5 Å². The van der Waals surface area contributed by atoms with Gasteiger partial charge in [0.25, 0.3) is 0 Å². The molecular weight excluding hydrogens is 306 g/mol. The summed E-state index contributed by atoms with van der Waals surface area (Å²) in [6.07, 6.45) is 0. The lowest BCUT2D eigenvalue weighted by Crippen LogP contribution is -2.34. The van der Waals surface area contributed by atoms with E-state index in [4.69, 9.17) is 9.47 Å². The standard InChI is InChI=1S/C18H21N3O3/c1-19-18(22)20-8-9-21-16-10-12(23-2)4-6-14(16)15-7-5-13(24-3)11-17(15)21/h4-7,10-11H,8-9H2,1-3H3,(H2,19,20,22). The summed E-state index contributed by atoms with van der Waals surface area (Å²) in [6.45, 7) is 1.17. The molecule has 6 nitrogen and oxygen atoms in total. The van der Waals surface area contributed by atoms with E-state index >= 15 is 0 Å². The van der Waals surface area contributed by atoms with Gasteiger partial charge in [-0.2, -0.15) is 0 Å². The second-order valence-corrected chi connectivity index (χ2v) is 5.42. The third kappa shape index (κ3) is 2.82. The number of nitrogens with one attached hydrogen (secondary N) is 2. The van der Waals surface area contributed by atoms with Crippen LogP contribution >= 0.6 is 0 Å². The number of ether oxygens (including phenoxy) is 2. The van der Waals surface area contributed by atoms with E-state index in [1.807, 2.05) is 24.3 Å². The van der Waals surface area contributed by atoms with Crippen LogP contribution in [0.15, 0.2) is 36.4 Å². The summed E-state index contributed by atoms with van der Waals surface area (Å²) < 4.78 is 12.9. The van der Waals surface area contributed by atoms with Crippen molar-refractivity contribution in [3.63, 3.8) is 0 Å². The molecule has 0 spiro atoms. The van der Waals surface area contributed by atoms with Gasteiger partial charge < -0.3 is 24.7 Å². The van der Waals surface area contributed by atoms with Crippen molar-refractivity contribution in [1.82, 2.24) is 15.2 Å². The van der Waals surface area contributed by atoms with Crippen molar-refractivity contribution in [2.75, 3.05) is 27.8 Å². The zero-order valence-corrected chi connectivity index (χ0v) is 14.1. The number of methoxy groups -OCH3 is 2. The number of carbonyl (C=O) groups is 1. The lowest BCUT2D eigenvalue weighted by atomic mass is 10.1. The van der Waals surface area contributed by atoms with Gasteiger partial charge in [0, 0.05) is 43.0 Å². The Morgan fingerprint density at radius 3 is 2.00 bits per heavy atom. The van der Waals surface area contributed by atoms with Gasteiger partial charge in [0.1, 0.15) is 11.5 Å². The molecule has 0 unspecified atom stereocenters. The summed E-state index contributed by atoms with van der Waals surface area (Å²) in [5.74, 6) is 1.61. The number of hydrogen-bond acceptors (Lipinski definition) is 3. The number of carbonyl (C=O) groups excluding carboxylic acids is 1. The van der Waals surface area contributed by atoms with Crippen LogP contribution in [0, 0.1) is 0 Å². The normalized spacial score (nSPS) is 10.8. The number of amides is 2. The number of aromatic nitrogens is 1. The Balaban J connectivity index is 2.10. The maximum absolute atomic E-state index is 11.4. The highest BCUT2D eigenvalue weighted by Crippen LogP contribution is 2.33. The number of fused-ring (bicyclic) bond motifs is 3. The molecule has 126 valence electrons. The van der Waals surface area contributed by atoms with Crippen LogP contribution < -0.4 is 20.1 Å². The molecule has 24 heavy (non-hydrogen) atoms. The summed E-state index contributed by atoms with van der Waals surface area (Å²) in [5, 5.41) is 7.67. The summed E-state index contributed by atoms with van der Waals surface area (Å²) in [7, 11) is 4.92. The van der Waals surface area contributed by atoms with E-state index in [0.717, 1.165) is 33.3 Å². The van der Waals surface area contributed by atoms with Gasteiger partial charge in [0.05, 0.1) is 25.3 Å². The molecule has 3 aromatic rings. The maximum Gasteiger partial charge on any atom is 0.314 e. The lowest BCUT2D eigenvalue weighted by molar-refractivity contribution is 0.242. The average Bonchev–Trinajstić information content (AvgIpc) is 2.93. The summed E-state index contributed by atoms with van der Waals surface area (Å²) >= 11 is 0. The molecule has 0 atom stereocenters. The molecule has 0 saturated carbocycles. The molecule has 0 aliphatic carbocycles. The number of hydrogen-bond donors (Lipinski definition) is 2. The van der Waals surface area contributed by atoms with E-state index in [2.05, 4.69) is 27.3 Å². The molecule has 0 radical (unpaired) electrons. The fourth-order valence-corrected chi connectivity index (χ4v) is 2.92. The first kappa shape index (κ1) is 16.0. The minimum atomic E-state index is -0.189. The van der Waals surface area contributed by atoms with Gasteiger partial charge in [-0.3, -0.25) is 0 Å². The summed E-state index contributed by atoms with van der Waals surface area (Å²) in [4.78, 5) is 11.4. The number of urea groups is 1. The molecule has 2 N–H and O–H groups in total. The Kier molecular flexibility index (Phi) is 4.46. The molecule has 2 aromatic carbocycles. The predicted molar refractivity (Wildman–Crippen MR) is 95.0 cm³/mol. The zero-order chi connectivity index (χ0) is 17.1. The SMILES string of the molecule is CNC(=O)NCCn1c2cc(OC)ccc2c2ccc(OC)cc21. The number of benzene rings is 2. The Labute approximate surface area is 140 Å². The highest BCUT2D eigenvalue weighted by molar-refractivity contribution is 6.08. The second kappa shape index (κ2) is 6.70. The van der Waals surface area contributed by atoms with Crippen LogP contribution in [-0.4, -0.2) is 38.4 Å². The van der Waals surface area contributed by atoms with Gasteiger partial charge in [-0.15, -0.1) is 0 Å². The molecule has 0 bridgehead atoms. The maximum atomic E-state index is 11.4. The third-order valence-corrected chi connectivity index (χ3v) is 4.13. The Morgan fingerprint density at radius 2 is 1.54 bits per heavy atom. The van der Waals surface area contributed by atoms with Crippen LogP contribution in [0.25, 0.3) is 21.8 Å². The van der Waals surface area contributed by atoms with Gasteiger partial charge in [-0.05, 0) is 24.3 Å². The smallest absolute Gasteiger partial charge is 0.314 e. The Hall–Kier alpha value is -2.89. The summed E-state index contributed by atoms with van der Waals surface area (Å²) in [5.41, 5.74) is 2.13. The highest BCUT2D eigenvalue weighted by Gasteiger charge is 2.12. The largest absolute Gasteiger partial charge is 0.497 e. The van der Waals surface area contributed by atoms with Crippen molar-refractivity contribution in [1.29, 1.82) is 0 Å². The van der Waals surface area contributed by atoms with E-state index in [0.29, 0.717) is 13.1 Å². The fraction of sp³-hybridized carbons (Fsp3) is 0.278. The first-order valence-electron chi connectivity index (χ1n) is 7.77. The molecule has 1 heterocycles. The van der Waals surface area contributed by atoms with Gasteiger partial charge in [0.2, 0.25) is 0 Å². The average molecular weight is 327 g/mol. The van der Waals surface area contributed by atoms with Gasteiger partial charge in [0.15, 0.2) is 0 Å². The minimum Gasteiger partial charge on any atom is -0.497 e.